The lowest BCUT2D eigenvalue weighted by atomic mass is 10.2. The van der Waals surface area contributed by atoms with Gasteiger partial charge in [-0.25, -0.2) is 0 Å². The van der Waals surface area contributed by atoms with Crippen LogP contribution in [0.15, 0.2) is 40.2 Å². The molecule has 19 heavy (non-hydrogen) atoms. The number of hydrogen-bond acceptors (Lipinski definition) is 2. The first kappa shape index (κ1) is 13.6. The van der Waals surface area contributed by atoms with E-state index in [0.717, 1.165) is 12.0 Å². The van der Waals surface area contributed by atoms with Gasteiger partial charge in [-0.15, -0.1) is 0 Å². The maximum absolute atomic E-state index is 12.1. The van der Waals surface area contributed by atoms with Gasteiger partial charge in [0.25, 0.3) is 0 Å². The van der Waals surface area contributed by atoms with Crippen molar-refractivity contribution in [2.24, 2.45) is 0 Å². The van der Waals surface area contributed by atoms with Gasteiger partial charge in [-0.3, -0.25) is 14.2 Å². The summed E-state index contributed by atoms with van der Waals surface area (Å²) in [4.78, 5) is 24.1. The average molecular weight is 279 g/mol. The van der Waals surface area contributed by atoms with E-state index >= 15 is 0 Å². The highest BCUT2D eigenvalue weighted by atomic mass is 35.5. The van der Waals surface area contributed by atoms with Crippen LogP contribution >= 0.6 is 11.6 Å². The monoisotopic (exact) mass is 278 g/mol. The van der Waals surface area contributed by atoms with Crippen LogP contribution < -0.4 is 11.1 Å². The predicted molar refractivity (Wildman–Crippen MR) is 76.3 cm³/mol. The van der Waals surface area contributed by atoms with E-state index in [0.29, 0.717) is 17.3 Å². The summed E-state index contributed by atoms with van der Waals surface area (Å²) in [5, 5.41) is 0.533. The molecule has 2 rings (SSSR count). The Labute approximate surface area is 115 Å². The number of hydrogen-bond donors (Lipinski definition) is 0. The molecule has 0 saturated heterocycles. The van der Waals surface area contributed by atoms with E-state index in [1.165, 1.54) is 9.13 Å². The summed E-state index contributed by atoms with van der Waals surface area (Å²) in [6.45, 7) is 4.37. The lowest BCUT2D eigenvalue weighted by Gasteiger charge is -2.11. The molecule has 0 aliphatic rings. The highest BCUT2D eigenvalue weighted by Crippen LogP contribution is 2.17. The Morgan fingerprint density at radius 3 is 2.58 bits per heavy atom. The number of aromatic nitrogens is 2. The van der Waals surface area contributed by atoms with Crippen molar-refractivity contribution in [1.82, 2.24) is 9.13 Å². The molecule has 0 atom stereocenters. The summed E-state index contributed by atoms with van der Waals surface area (Å²) in [7, 11) is 0. The number of aryl methyl sites for hydroxylation is 2. The second-order valence-corrected chi connectivity index (χ2v) is 4.84. The van der Waals surface area contributed by atoms with Crippen LogP contribution in [0.5, 0.6) is 0 Å². The maximum Gasteiger partial charge on any atom is 0.320 e. The first-order valence-electron chi connectivity index (χ1n) is 6.13. The second-order valence-electron chi connectivity index (χ2n) is 4.40. The zero-order valence-corrected chi connectivity index (χ0v) is 11.6. The van der Waals surface area contributed by atoms with Crippen molar-refractivity contribution >= 4 is 11.6 Å². The maximum atomic E-state index is 12.1. The highest BCUT2D eigenvalue weighted by molar-refractivity contribution is 6.30. The topological polar surface area (TPSA) is 44.0 Å². The standard InChI is InChI=1S/C14H15ClN2O2/c1-3-6-16-7-8-17(14(19)13(16)18)12-9-11(15)5-4-10(12)2/h4-5,7-9H,3,6H2,1-2H3. The number of nitrogens with zero attached hydrogens (tertiary/aromatic N) is 2. The van der Waals surface area contributed by atoms with Crippen LogP contribution in [0.2, 0.25) is 5.02 Å². The van der Waals surface area contributed by atoms with Gasteiger partial charge < -0.3 is 4.57 Å². The van der Waals surface area contributed by atoms with Crippen LogP contribution in [0.4, 0.5) is 0 Å². The molecule has 1 aromatic heterocycles. The van der Waals surface area contributed by atoms with Gasteiger partial charge in [0, 0.05) is 24.0 Å². The molecule has 0 bridgehead atoms. The van der Waals surface area contributed by atoms with Crippen molar-refractivity contribution in [1.29, 1.82) is 0 Å². The molecule has 1 heterocycles. The minimum Gasteiger partial charge on any atom is -0.309 e. The fourth-order valence-electron chi connectivity index (χ4n) is 1.96. The molecule has 0 radical (unpaired) electrons. The van der Waals surface area contributed by atoms with E-state index in [-0.39, 0.29) is 0 Å². The van der Waals surface area contributed by atoms with E-state index in [9.17, 15) is 9.59 Å². The van der Waals surface area contributed by atoms with Gasteiger partial charge in [0.15, 0.2) is 0 Å². The molecule has 0 spiro atoms. The molecule has 0 amide bonds. The molecule has 2 aromatic rings. The van der Waals surface area contributed by atoms with Crippen LogP contribution in [0.3, 0.4) is 0 Å². The van der Waals surface area contributed by atoms with Gasteiger partial charge in [0.2, 0.25) is 0 Å². The Kier molecular flexibility index (Phi) is 3.90. The fourth-order valence-corrected chi connectivity index (χ4v) is 2.12. The Bertz CT molecular complexity index is 716. The van der Waals surface area contributed by atoms with Crippen molar-refractivity contribution in [3.05, 3.63) is 61.9 Å². The summed E-state index contributed by atoms with van der Waals surface area (Å²) in [6, 6.07) is 5.26. The lowest BCUT2D eigenvalue weighted by Crippen LogP contribution is -2.40. The van der Waals surface area contributed by atoms with Crippen LogP contribution in [0.25, 0.3) is 5.69 Å². The molecule has 0 aliphatic carbocycles. The molecule has 0 N–H and O–H groups in total. The van der Waals surface area contributed by atoms with Crippen LogP contribution in [-0.2, 0) is 6.54 Å². The zero-order chi connectivity index (χ0) is 14.0. The van der Waals surface area contributed by atoms with E-state index < -0.39 is 11.1 Å². The Morgan fingerprint density at radius 1 is 1.16 bits per heavy atom. The first-order chi connectivity index (χ1) is 9.04. The van der Waals surface area contributed by atoms with E-state index in [1.807, 2.05) is 19.9 Å². The molecule has 5 heteroatoms. The summed E-state index contributed by atoms with van der Waals surface area (Å²) in [5.41, 5.74) is 0.461. The normalized spacial score (nSPS) is 10.7. The molecule has 0 fully saturated rings. The van der Waals surface area contributed by atoms with E-state index in [4.69, 9.17) is 11.6 Å². The van der Waals surface area contributed by atoms with E-state index in [1.54, 1.807) is 24.5 Å². The number of rotatable bonds is 3. The fraction of sp³-hybridized carbons (Fsp3) is 0.286. The summed E-state index contributed by atoms with van der Waals surface area (Å²) >= 11 is 5.94. The van der Waals surface area contributed by atoms with Crippen molar-refractivity contribution in [2.75, 3.05) is 0 Å². The van der Waals surface area contributed by atoms with Crippen LogP contribution in [0.1, 0.15) is 18.9 Å². The largest absolute Gasteiger partial charge is 0.320 e. The minimum atomic E-state index is -0.554. The van der Waals surface area contributed by atoms with Crippen molar-refractivity contribution in [2.45, 2.75) is 26.8 Å². The molecule has 0 aliphatic heterocycles. The third-order valence-electron chi connectivity index (χ3n) is 2.95. The summed E-state index contributed by atoms with van der Waals surface area (Å²) in [5.74, 6) is 0. The SMILES string of the molecule is CCCn1ccn(-c2cc(Cl)ccc2C)c(=O)c1=O. The minimum absolute atomic E-state index is 0.510. The smallest absolute Gasteiger partial charge is 0.309 e. The van der Waals surface area contributed by atoms with Gasteiger partial charge in [-0.1, -0.05) is 24.6 Å². The molecule has 1 aromatic carbocycles. The number of halogens is 1. The highest BCUT2D eigenvalue weighted by Gasteiger charge is 2.08. The zero-order valence-electron chi connectivity index (χ0n) is 10.9. The molecule has 4 nitrogen and oxygen atoms in total. The molecular weight excluding hydrogens is 264 g/mol. The van der Waals surface area contributed by atoms with Gasteiger partial charge in [0.1, 0.15) is 0 Å². The predicted octanol–water partition coefficient (Wildman–Crippen LogP) is 2.37. The second kappa shape index (κ2) is 5.45. The van der Waals surface area contributed by atoms with Crippen LogP contribution in [-0.4, -0.2) is 9.13 Å². The van der Waals surface area contributed by atoms with Gasteiger partial charge in [0.05, 0.1) is 5.69 Å². The third-order valence-corrected chi connectivity index (χ3v) is 3.19. The molecule has 0 saturated carbocycles. The van der Waals surface area contributed by atoms with Crippen molar-refractivity contribution in [3.63, 3.8) is 0 Å². The molecule has 100 valence electrons. The lowest BCUT2D eigenvalue weighted by molar-refractivity contribution is 0.633. The first-order valence-corrected chi connectivity index (χ1v) is 6.51. The van der Waals surface area contributed by atoms with Gasteiger partial charge in [-0.05, 0) is 31.0 Å². The van der Waals surface area contributed by atoms with Gasteiger partial charge in [-0.2, -0.15) is 0 Å². The Morgan fingerprint density at radius 2 is 1.89 bits per heavy atom. The molecule has 0 unspecified atom stereocenters. The van der Waals surface area contributed by atoms with Gasteiger partial charge >= 0.3 is 11.1 Å². The summed E-state index contributed by atoms with van der Waals surface area (Å²) < 4.78 is 2.77. The Balaban J connectivity index is 2.65. The quantitative estimate of drug-likeness (QED) is 0.809. The Hall–Kier alpha value is -1.81. The van der Waals surface area contributed by atoms with Crippen molar-refractivity contribution < 1.29 is 0 Å². The summed E-state index contributed by atoms with van der Waals surface area (Å²) in [6.07, 6.45) is 4.05. The van der Waals surface area contributed by atoms with Crippen LogP contribution in [0, 0.1) is 6.92 Å². The third kappa shape index (κ3) is 2.63. The molecular formula is C14H15ClN2O2. The van der Waals surface area contributed by atoms with Crippen molar-refractivity contribution in [3.8, 4) is 5.69 Å². The average Bonchev–Trinajstić information content (AvgIpc) is 2.39. The number of benzene rings is 1. The van der Waals surface area contributed by atoms with E-state index in [2.05, 4.69) is 0 Å².